The molecule has 2 aliphatic heterocycles. The fourth-order valence-electron chi connectivity index (χ4n) is 3.13. The van der Waals surface area contributed by atoms with Crippen molar-refractivity contribution in [3.05, 3.63) is 71.8 Å². The first kappa shape index (κ1) is 16.6. The molecule has 2 aliphatic rings. The molecule has 2 fully saturated rings. The van der Waals surface area contributed by atoms with Crippen LogP contribution in [0.15, 0.2) is 60.7 Å². The first-order chi connectivity index (χ1) is 12.7. The summed E-state index contributed by atoms with van der Waals surface area (Å²) in [6.07, 6.45) is -0.914. The molecule has 0 aliphatic carbocycles. The van der Waals surface area contributed by atoms with Crippen molar-refractivity contribution in [1.82, 2.24) is 4.90 Å². The number of amides is 1. The number of likely N-dealkylation sites (tertiary alicyclic amines) is 1. The van der Waals surface area contributed by atoms with Gasteiger partial charge in [-0.2, -0.15) is 0 Å². The lowest BCUT2D eigenvalue weighted by Crippen LogP contribution is -2.45. The average Bonchev–Trinajstić information content (AvgIpc) is 3.35. The normalized spacial score (nSPS) is 23.2. The summed E-state index contributed by atoms with van der Waals surface area (Å²) in [5.41, 5.74) is 1.79. The highest BCUT2D eigenvalue weighted by Crippen LogP contribution is 2.37. The lowest BCUT2D eigenvalue weighted by atomic mass is 10.2. The van der Waals surface area contributed by atoms with Gasteiger partial charge in [-0.15, -0.1) is 0 Å². The first-order valence-electron chi connectivity index (χ1n) is 8.56. The summed E-state index contributed by atoms with van der Waals surface area (Å²) in [5, 5.41) is 0. The van der Waals surface area contributed by atoms with Gasteiger partial charge >= 0.3 is 12.1 Å². The molecule has 26 heavy (non-hydrogen) atoms. The maximum absolute atomic E-state index is 12.5. The van der Waals surface area contributed by atoms with E-state index in [-0.39, 0.29) is 25.4 Å². The number of fused-ring (bicyclic) bond motifs is 1. The monoisotopic (exact) mass is 353 g/mol. The highest BCUT2D eigenvalue weighted by Gasteiger charge is 2.60. The number of morpholine rings is 1. The standard InChI is InChI=1S/C20H19NO5/c22-19(24-12-14-7-3-1-4-8-14)17-18-16(26-18)11-21(17)20(23)25-13-15-9-5-2-6-10-15/h1-10,16-18H,11-13H2/t16-,17-,18-/m0/s1. The summed E-state index contributed by atoms with van der Waals surface area (Å²) in [5.74, 6) is -0.462. The quantitative estimate of drug-likeness (QED) is 0.610. The number of hydrogen-bond donors (Lipinski definition) is 0. The molecule has 2 heterocycles. The summed E-state index contributed by atoms with van der Waals surface area (Å²) in [6.45, 7) is 0.683. The highest BCUT2D eigenvalue weighted by atomic mass is 16.6. The van der Waals surface area contributed by atoms with Gasteiger partial charge in [0, 0.05) is 0 Å². The van der Waals surface area contributed by atoms with Crippen molar-refractivity contribution in [2.75, 3.05) is 6.54 Å². The Hall–Kier alpha value is -2.86. The molecular formula is C20H19NO5. The summed E-state index contributed by atoms with van der Waals surface area (Å²) >= 11 is 0. The van der Waals surface area contributed by atoms with E-state index in [1.54, 1.807) is 0 Å². The average molecular weight is 353 g/mol. The van der Waals surface area contributed by atoms with Crippen LogP contribution in [-0.2, 0) is 32.2 Å². The number of epoxide rings is 1. The van der Waals surface area contributed by atoms with Crippen LogP contribution in [-0.4, -0.2) is 41.8 Å². The van der Waals surface area contributed by atoms with Crippen LogP contribution < -0.4 is 0 Å². The summed E-state index contributed by atoms with van der Waals surface area (Å²) < 4.78 is 16.2. The Morgan fingerprint density at radius 1 is 0.923 bits per heavy atom. The van der Waals surface area contributed by atoms with Crippen molar-refractivity contribution in [3.8, 4) is 0 Å². The molecule has 3 atom stereocenters. The fourth-order valence-corrected chi connectivity index (χ4v) is 3.13. The zero-order chi connectivity index (χ0) is 17.9. The Kier molecular flexibility index (Phi) is 4.58. The van der Waals surface area contributed by atoms with E-state index in [1.165, 1.54) is 4.90 Å². The number of esters is 1. The first-order valence-corrected chi connectivity index (χ1v) is 8.56. The molecule has 6 heteroatoms. The van der Waals surface area contributed by atoms with Gasteiger partial charge in [-0.1, -0.05) is 60.7 Å². The molecular weight excluding hydrogens is 334 g/mol. The maximum atomic E-state index is 12.5. The van der Waals surface area contributed by atoms with Crippen LogP contribution in [0.4, 0.5) is 4.79 Å². The second-order valence-electron chi connectivity index (χ2n) is 6.37. The van der Waals surface area contributed by atoms with Crippen LogP contribution >= 0.6 is 0 Å². The third-order valence-corrected chi connectivity index (χ3v) is 4.55. The van der Waals surface area contributed by atoms with Crippen LogP contribution in [0.25, 0.3) is 0 Å². The van der Waals surface area contributed by atoms with Crippen LogP contribution in [0.3, 0.4) is 0 Å². The van der Waals surface area contributed by atoms with Crippen molar-refractivity contribution in [2.45, 2.75) is 31.5 Å². The molecule has 2 aromatic carbocycles. The van der Waals surface area contributed by atoms with Crippen LogP contribution in [0.2, 0.25) is 0 Å². The number of ether oxygens (including phenoxy) is 3. The van der Waals surface area contributed by atoms with Crippen molar-refractivity contribution < 1.29 is 23.8 Å². The molecule has 0 N–H and O–H groups in total. The lowest BCUT2D eigenvalue weighted by molar-refractivity contribution is -0.151. The van der Waals surface area contributed by atoms with Crippen LogP contribution in [0.1, 0.15) is 11.1 Å². The molecule has 4 rings (SSSR count). The topological polar surface area (TPSA) is 68.4 Å². The summed E-state index contributed by atoms with van der Waals surface area (Å²) in [6, 6.07) is 18.1. The molecule has 2 aromatic rings. The van der Waals surface area contributed by atoms with Crippen molar-refractivity contribution in [3.63, 3.8) is 0 Å². The van der Waals surface area contributed by atoms with E-state index in [0.717, 1.165) is 11.1 Å². The zero-order valence-corrected chi connectivity index (χ0v) is 14.1. The molecule has 0 radical (unpaired) electrons. The largest absolute Gasteiger partial charge is 0.459 e. The van der Waals surface area contributed by atoms with Gasteiger partial charge in [-0.3, -0.25) is 4.90 Å². The third kappa shape index (κ3) is 3.55. The minimum atomic E-state index is -0.744. The van der Waals surface area contributed by atoms with Gasteiger partial charge in [0.2, 0.25) is 0 Å². The van der Waals surface area contributed by atoms with E-state index in [4.69, 9.17) is 14.2 Å². The molecule has 0 saturated carbocycles. The van der Waals surface area contributed by atoms with Gasteiger partial charge in [-0.25, -0.2) is 9.59 Å². The SMILES string of the molecule is O=C(OCc1ccccc1)[C@@H]1[C@H]2O[C@H]2CN1C(=O)OCc1ccccc1. The van der Waals surface area contributed by atoms with Gasteiger partial charge in [-0.05, 0) is 11.1 Å². The predicted octanol–water partition coefficient (Wildman–Crippen LogP) is 2.52. The van der Waals surface area contributed by atoms with Crippen molar-refractivity contribution in [1.29, 1.82) is 0 Å². The molecule has 0 bridgehead atoms. The highest BCUT2D eigenvalue weighted by molar-refractivity contribution is 5.84. The van der Waals surface area contributed by atoms with Crippen LogP contribution in [0.5, 0.6) is 0 Å². The summed E-state index contributed by atoms with van der Waals surface area (Å²) in [7, 11) is 0. The molecule has 134 valence electrons. The van der Waals surface area contributed by atoms with Gasteiger partial charge in [0.25, 0.3) is 0 Å². The van der Waals surface area contributed by atoms with Crippen molar-refractivity contribution >= 4 is 12.1 Å². The second-order valence-corrected chi connectivity index (χ2v) is 6.37. The van der Waals surface area contributed by atoms with E-state index in [0.29, 0.717) is 6.54 Å². The molecule has 2 saturated heterocycles. The smallest absolute Gasteiger partial charge is 0.411 e. The van der Waals surface area contributed by atoms with Gasteiger partial charge in [0.1, 0.15) is 25.4 Å². The minimum Gasteiger partial charge on any atom is -0.459 e. The molecule has 1 amide bonds. The zero-order valence-electron chi connectivity index (χ0n) is 14.1. The Morgan fingerprint density at radius 3 is 2.12 bits per heavy atom. The molecule has 6 nitrogen and oxygen atoms in total. The predicted molar refractivity (Wildman–Crippen MR) is 92.0 cm³/mol. The van der Waals surface area contributed by atoms with E-state index in [2.05, 4.69) is 0 Å². The van der Waals surface area contributed by atoms with E-state index in [9.17, 15) is 9.59 Å². The molecule has 0 unspecified atom stereocenters. The van der Waals surface area contributed by atoms with Gasteiger partial charge in [0.05, 0.1) is 6.54 Å². The summed E-state index contributed by atoms with van der Waals surface area (Å²) in [4.78, 5) is 26.3. The second kappa shape index (κ2) is 7.17. The van der Waals surface area contributed by atoms with E-state index < -0.39 is 18.1 Å². The Bertz CT molecular complexity index is 779. The minimum absolute atomic E-state index is 0.103. The number of carbonyl (C=O) groups excluding carboxylic acids is 2. The number of hydrogen-bond acceptors (Lipinski definition) is 5. The Balaban J connectivity index is 1.35. The molecule has 0 aromatic heterocycles. The van der Waals surface area contributed by atoms with E-state index in [1.807, 2.05) is 60.7 Å². The third-order valence-electron chi connectivity index (χ3n) is 4.55. The Labute approximate surface area is 151 Å². The number of benzene rings is 2. The van der Waals surface area contributed by atoms with Crippen LogP contribution in [0, 0.1) is 0 Å². The van der Waals surface area contributed by atoms with Crippen molar-refractivity contribution in [2.24, 2.45) is 0 Å². The van der Waals surface area contributed by atoms with Gasteiger partial charge in [0.15, 0.2) is 6.04 Å². The maximum Gasteiger partial charge on any atom is 0.411 e. The van der Waals surface area contributed by atoms with E-state index >= 15 is 0 Å². The number of carbonyl (C=O) groups is 2. The number of rotatable bonds is 5. The Morgan fingerprint density at radius 2 is 1.50 bits per heavy atom. The van der Waals surface area contributed by atoms with Gasteiger partial charge < -0.3 is 14.2 Å². The number of nitrogens with zero attached hydrogens (tertiary/aromatic N) is 1. The molecule has 0 spiro atoms. The lowest BCUT2D eigenvalue weighted by Gasteiger charge is -2.24. The fraction of sp³-hybridized carbons (Fsp3) is 0.300.